The maximum Gasteiger partial charge on any atom is 0.407 e. The van der Waals surface area contributed by atoms with Crippen molar-refractivity contribution >= 4 is 69.5 Å². The van der Waals surface area contributed by atoms with Crippen LogP contribution in [0.1, 0.15) is 163 Å². The highest BCUT2D eigenvalue weighted by atomic mass is 16.5. The predicted molar refractivity (Wildman–Crippen MR) is 473 cm³/mol. The zero-order valence-electron chi connectivity index (χ0n) is 70.1. The quantitative estimate of drug-likeness (QED) is 0.0212. The van der Waals surface area contributed by atoms with Crippen molar-refractivity contribution in [1.29, 1.82) is 0 Å². The molecule has 4 saturated heterocycles. The standard InChI is InChI=1S/C47H50N8O6.C37H41N7O3.C11H12O4.CH4/c1-28(2)40(52-46(58)60-3)44(56)54-22-8-12-38(54)43-49-27-37(51-43)35-21-20-33-24-32(18-19-34(33)25-35)29-14-16-30(17-15-29)36-26-48-42(50-36)39-13-9-23-55(39)45(57)41(53-47(59)61-4)31-10-6-5-7-11-31;1-22(2)33(43-37(46)47-3)36(45)44-17-5-7-32(44)35-40-21-31(42-35)28-15-14-26-18-25(12-13-27(26)19-28)23-8-10-24(11-9-23)30-20-39-34(41-30)29-6-4-16-38-29;1-15-10(12)7-9(11(13)14)8-5-3-2-4-6-8;/h5-7,10-11,14-21,24-28,38-41H,8-9,12-13,22-23H2,1-4H3,(H,48,50)(H,49,51)(H,52,58)(H,53,59);8-15,18-22,29,32-33,38H,4-7,16-17H2,1-3H3,(H,39,41)(H,40,42)(H,43,46);2-6,9H,7H2,1H3,(H,13,14);1H4/t38-,39-,40-,41+;29-,32-,33-;9-;/m001./s1. The topological polar surface area (TPSA) is 366 Å². The van der Waals surface area contributed by atoms with Crippen LogP contribution in [0.3, 0.4) is 0 Å². The lowest BCUT2D eigenvalue weighted by molar-refractivity contribution is -0.147. The number of carboxylic acids is 1. The van der Waals surface area contributed by atoms with Crippen molar-refractivity contribution in [3.63, 3.8) is 0 Å². The summed E-state index contributed by atoms with van der Waals surface area (Å²) >= 11 is 0. The van der Waals surface area contributed by atoms with Gasteiger partial charge in [0.25, 0.3) is 5.91 Å². The largest absolute Gasteiger partial charge is 0.481 e. The summed E-state index contributed by atoms with van der Waals surface area (Å²) in [5.41, 5.74) is 13.5. The minimum Gasteiger partial charge on any atom is -0.481 e. The van der Waals surface area contributed by atoms with E-state index in [1.807, 2.05) is 86.4 Å². The molecule has 8 heterocycles. The van der Waals surface area contributed by atoms with Gasteiger partial charge in [0.05, 0.1) is 113 Å². The number of fused-ring (bicyclic) bond motifs is 2. The van der Waals surface area contributed by atoms with E-state index >= 15 is 0 Å². The molecule has 6 amide bonds. The summed E-state index contributed by atoms with van der Waals surface area (Å²) in [5.74, 6) is 0.168. The molecule has 0 bridgehead atoms. The third-order valence-electron chi connectivity index (χ3n) is 23.4. The van der Waals surface area contributed by atoms with Gasteiger partial charge in [-0.15, -0.1) is 0 Å². The highest BCUT2D eigenvalue weighted by Gasteiger charge is 2.41. The van der Waals surface area contributed by atoms with E-state index in [0.717, 1.165) is 158 Å². The lowest BCUT2D eigenvalue weighted by Gasteiger charge is -2.30. The first-order chi connectivity index (χ1) is 59.6. The van der Waals surface area contributed by atoms with Gasteiger partial charge in [-0.05, 0) is 160 Å². The minimum atomic E-state index is -1.02. The highest BCUT2D eigenvalue weighted by Crippen LogP contribution is 2.40. The first kappa shape index (κ1) is 88.0. The van der Waals surface area contributed by atoms with Gasteiger partial charge in [0.2, 0.25) is 11.8 Å². The Morgan fingerprint density at radius 1 is 0.403 bits per heavy atom. The smallest absolute Gasteiger partial charge is 0.407 e. The fraction of sp³-hybridized carbons (Fsp3) is 0.333. The first-order valence-corrected chi connectivity index (χ1v) is 41.7. The molecule has 0 radical (unpaired) electrons. The van der Waals surface area contributed by atoms with Crippen molar-refractivity contribution in [2.75, 3.05) is 54.6 Å². The first-order valence-electron chi connectivity index (χ1n) is 41.7. The fourth-order valence-electron chi connectivity index (χ4n) is 16.7. The minimum absolute atomic E-state index is 0. The van der Waals surface area contributed by atoms with Crippen molar-refractivity contribution in [2.24, 2.45) is 11.8 Å². The third-order valence-corrected chi connectivity index (χ3v) is 23.4. The predicted octanol–water partition coefficient (Wildman–Crippen LogP) is 16.9. The van der Waals surface area contributed by atoms with Gasteiger partial charge in [-0.3, -0.25) is 24.0 Å². The number of nitrogens with zero attached hydrogens (tertiary/aromatic N) is 7. The second kappa shape index (κ2) is 40.3. The Kier molecular flexibility index (Phi) is 28.6. The Hall–Kier alpha value is -13.8. The molecule has 0 aliphatic carbocycles. The van der Waals surface area contributed by atoms with E-state index in [-0.39, 0.29) is 61.5 Å². The van der Waals surface area contributed by atoms with Crippen molar-refractivity contribution in [3.05, 3.63) is 241 Å². The van der Waals surface area contributed by atoms with Crippen LogP contribution in [0.5, 0.6) is 0 Å². The van der Waals surface area contributed by atoms with E-state index in [4.69, 9.17) is 34.3 Å². The van der Waals surface area contributed by atoms with Gasteiger partial charge in [0.1, 0.15) is 41.4 Å². The molecule has 4 aliphatic rings. The Labute approximate surface area is 720 Å². The molecule has 124 heavy (non-hydrogen) atoms. The monoisotopic (exact) mass is 1680 g/mol. The van der Waals surface area contributed by atoms with E-state index in [1.54, 1.807) is 41.4 Å². The third kappa shape index (κ3) is 20.4. The van der Waals surface area contributed by atoms with Gasteiger partial charge in [0, 0.05) is 30.8 Å². The van der Waals surface area contributed by atoms with E-state index < -0.39 is 54.3 Å². The van der Waals surface area contributed by atoms with E-state index in [1.165, 1.54) is 34.9 Å². The summed E-state index contributed by atoms with van der Waals surface area (Å²) < 4.78 is 18.8. The summed E-state index contributed by atoms with van der Waals surface area (Å²) in [6.07, 6.45) is 12.5. The molecule has 8 atom stereocenters. The number of imidazole rings is 4. The number of carbonyl (C=O) groups is 8. The number of benzene rings is 8. The summed E-state index contributed by atoms with van der Waals surface area (Å²) in [6.45, 7) is 10.5. The number of aromatic amines is 4. The van der Waals surface area contributed by atoms with Crippen LogP contribution in [0.15, 0.2) is 207 Å². The average molecular weight is 1680 g/mol. The number of amides is 6. The van der Waals surface area contributed by atoms with Crippen LogP contribution in [0, 0.1) is 11.8 Å². The number of H-pyrrole nitrogens is 4. The number of likely N-dealkylation sites (tertiary alicyclic amines) is 3. The SMILES string of the molecule is C.COC(=O)C[C@@H](C(=O)O)c1ccccc1.COC(=O)N[C@H](C(=O)N1CCC[C@H]1c1ncc(-c2ccc3cc(-c4ccc(-c5cnc([C@@H]6CCCN6)[nH]5)cc4)ccc3c2)[nH]1)C(C)C.COC(=O)N[C@H](C(=O)N1CCC[C@H]1c1ncc(-c2ccc3cc(-c4ccc(-c5cnc([C@@H]6CCCN6C(=O)[C@H](NC(=O)OC)c6ccccc6)[nH]5)cc4)ccc3c2)[nH]1)C(C)C. The van der Waals surface area contributed by atoms with Gasteiger partial charge in [-0.2, -0.15) is 0 Å². The van der Waals surface area contributed by atoms with Crippen LogP contribution >= 0.6 is 0 Å². The number of carbonyl (C=O) groups excluding carboxylic acids is 7. The molecule has 644 valence electrons. The van der Waals surface area contributed by atoms with Gasteiger partial charge >= 0.3 is 30.2 Å². The molecule has 12 aromatic rings. The van der Waals surface area contributed by atoms with Crippen LogP contribution in [0.25, 0.3) is 88.8 Å². The van der Waals surface area contributed by atoms with E-state index in [0.29, 0.717) is 42.6 Å². The van der Waals surface area contributed by atoms with Gasteiger partial charge in [-0.25, -0.2) is 34.3 Å². The number of ether oxygens (including phenoxy) is 4. The zero-order chi connectivity index (χ0) is 86.4. The maximum atomic E-state index is 13.9. The fourth-order valence-corrected chi connectivity index (χ4v) is 16.7. The van der Waals surface area contributed by atoms with Gasteiger partial charge in [0.15, 0.2) is 0 Å². The second-order valence-electron chi connectivity index (χ2n) is 31.9. The maximum absolute atomic E-state index is 13.9. The number of methoxy groups -OCH3 is 4. The van der Waals surface area contributed by atoms with Crippen molar-refractivity contribution < 1.29 is 62.4 Å². The van der Waals surface area contributed by atoms with Crippen LogP contribution in [0.2, 0.25) is 0 Å². The molecular weight excluding hydrogens is 1570 g/mol. The molecule has 4 aliphatic heterocycles. The second-order valence-corrected chi connectivity index (χ2v) is 31.9. The average Bonchev–Trinajstić information content (AvgIpc) is 1.58. The summed E-state index contributed by atoms with van der Waals surface area (Å²) in [5, 5.41) is 25.1. The van der Waals surface area contributed by atoms with Crippen LogP contribution in [-0.4, -0.2) is 174 Å². The number of esters is 1. The molecule has 8 aromatic carbocycles. The van der Waals surface area contributed by atoms with E-state index in [2.05, 4.69) is 172 Å². The molecule has 9 N–H and O–H groups in total. The summed E-state index contributed by atoms with van der Waals surface area (Å²) in [4.78, 5) is 137. The summed E-state index contributed by atoms with van der Waals surface area (Å²) in [7, 11) is 5.12. The molecule has 28 heteroatoms. The molecule has 0 spiro atoms. The number of hydrogen-bond donors (Lipinski definition) is 9. The number of carboxylic acid groups (broad SMARTS) is 1. The van der Waals surface area contributed by atoms with Crippen molar-refractivity contribution in [3.8, 4) is 67.3 Å². The highest BCUT2D eigenvalue weighted by molar-refractivity contribution is 5.94. The molecule has 0 saturated carbocycles. The molecular formula is C96H107N15O13. The van der Waals surface area contributed by atoms with Crippen LogP contribution in [0.4, 0.5) is 14.4 Å². The molecule has 0 unspecified atom stereocenters. The molecule has 4 fully saturated rings. The normalized spacial score (nSPS) is 17.0. The lowest BCUT2D eigenvalue weighted by Crippen LogP contribution is -2.51. The van der Waals surface area contributed by atoms with Gasteiger partial charge < -0.3 is 80.0 Å². The van der Waals surface area contributed by atoms with E-state index in [9.17, 15) is 38.4 Å². The zero-order valence-corrected chi connectivity index (χ0v) is 70.1. The number of nitrogens with one attached hydrogen (secondary N) is 8. The number of aromatic nitrogens is 8. The van der Waals surface area contributed by atoms with Gasteiger partial charge in [-0.1, -0.05) is 193 Å². The molecule has 28 nitrogen and oxygen atoms in total. The number of alkyl carbamates (subject to hydrolysis) is 3. The van der Waals surface area contributed by atoms with Crippen LogP contribution in [-0.2, 0) is 42.9 Å². The Morgan fingerprint density at radius 3 is 1.13 bits per heavy atom. The molecule has 16 rings (SSSR count). The Bertz CT molecular complexity index is 5720. The summed E-state index contributed by atoms with van der Waals surface area (Å²) in [6, 6.07) is 57.9. The number of rotatable bonds is 23. The van der Waals surface area contributed by atoms with Crippen LogP contribution < -0.4 is 21.3 Å². The number of hydrogen-bond acceptors (Lipinski definition) is 17. The molecule has 4 aromatic heterocycles. The Balaban J connectivity index is 0.000000185. The number of aliphatic carboxylic acids is 1. The Morgan fingerprint density at radius 2 is 0.750 bits per heavy atom. The van der Waals surface area contributed by atoms with Crippen molar-refractivity contribution in [1.82, 2.24) is 75.8 Å². The van der Waals surface area contributed by atoms with Crippen molar-refractivity contribution in [2.45, 2.75) is 141 Å². The lowest BCUT2D eigenvalue weighted by atomic mass is 9.96.